The number of nitrogens with two attached hydrogens (primary N) is 4. The first-order valence-electron chi connectivity index (χ1n) is 8.91. The van der Waals surface area contributed by atoms with Gasteiger partial charge in [0, 0.05) is 19.3 Å². The Morgan fingerprint density at radius 1 is 0.588 bits per heavy atom. The van der Waals surface area contributed by atoms with Crippen molar-refractivity contribution in [2.75, 3.05) is 6.61 Å². The van der Waals surface area contributed by atoms with E-state index in [1.165, 1.54) is 0 Å². The number of aliphatic carboxylic acids is 4. The number of aliphatic hydroxyl groups is 1. The molecule has 0 aliphatic rings. The summed E-state index contributed by atoms with van der Waals surface area (Å²) in [6.45, 7) is -0.937. The molecule has 0 saturated heterocycles. The largest absolute Gasteiger partial charge is 0.480 e. The summed E-state index contributed by atoms with van der Waals surface area (Å²) in [4.78, 5) is 60.4. The van der Waals surface area contributed by atoms with Gasteiger partial charge in [0.2, 0.25) is 0 Å². The molecule has 13 N–H and O–H groups in total. The maximum absolute atomic E-state index is 12.6. The standard InChI is InChI=1S/C6H10FNO4.C5H9FN2O3.C5H8FNO4/c7-3(5(10)2-9)1-4(8)6(11)12;2*6-2(4(8)9)1-3(7)5(10)11/h3-4,9H,1-2,8H2,(H,11,12);2-3H,1,7H2,(H2,8,9)(H,10,11);2-3H,1,7H2,(H,8,9)(H,10,11). The van der Waals surface area contributed by atoms with Crippen LogP contribution in [-0.2, 0) is 28.8 Å². The van der Waals surface area contributed by atoms with Gasteiger partial charge in [-0.05, 0) is 0 Å². The molecule has 0 heterocycles. The summed E-state index contributed by atoms with van der Waals surface area (Å²) in [7, 11) is 0. The van der Waals surface area contributed by atoms with Gasteiger partial charge in [0.15, 0.2) is 24.3 Å². The Balaban J connectivity index is -0.000000425. The summed E-state index contributed by atoms with van der Waals surface area (Å²) in [6, 6.07) is -4.24. The molecule has 0 spiro atoms. The molecule has 6 unspecified atom stereocenters. The van der Waals surface area contributed by atoms with Gasteiger partial charge in [0.1, 0.15) is 24.7 Å². The lowest BCUT2D eigenvalue weighted by Crippen LogP contribution is -2.37. The average molecular weight is 508 g/mol. The van der Waals surface area contributed by atoms with Gasteiger partial charge in [-0.25, -0.2) is 18.0 Å². The first-order chi connectivity index (χ1) is 15.4. The number of rotatable bonds is 13. The van der Waals surface area contributed by atoms with E-state index in [0.29, 0.717) is 0 Å². The molecular formula is C16H27F3N4O11. The zero-order chi connectivity index (χ0) is 27.8. The van der Waals surface area contributed by atoms with Crippen LogP contribution >= 0.6 is 0 Å². The molecule has 0 rings (SSSR count). The number of alkyl halides is 3. The Morgan fingerprint density at radius 2 is 0.882 bits per heavy atom. The van der Waals surface area contributed by atoms with Crippen LogP contribution in [-0.4, -0.2) is 104 Å². The van der Waals surface area contributed by atoms with E-state index in [1.54, 1.807) is 0 Å². The number of carbonyl (C=O) groups excluding carboxylic acids is 2. The molecule has 34 heavy (non-hydrogen) atoms. The maximum Gasteiger partial charge on any atom is 0.338 e. The fraction of sp³-hybridized carbons (Fsp3) is 0.625. The minimum Gasteiger partial charge on any atom is -0.480 e. The third-order valence-electron chi connectivity index (χ3n) is 3.42. The zero-order valence-corrected chi connectivity index (χ0v) is 17.4. The smallest absolute Gasteiger partial charge is 0.338 e. The second-order valence-electron chi connectivity index (χ2n) is 6.31. The third kappa shape index (κ3) is 18.2. The quantitative estimate of drug-likeness (QED) is 0.117. The van der Waals surface area contributed by atoms with Crippen LogP contribution in [0.2, 0.25) is 0 Å². The highest BCUT2D eigenvalue weighted by molar-refractivity contribution is 5.85. The Bertz CT molecular complexity index is 640. The molecular weight excluding hydrogens is 481 g/mol. The van der Waals surface area contributed by atoms with E-state index in [-0.39, 0.29) is 0 Å². The number of carboxylic acids is 4. The normalized spacial score (nSPS) is 15.4. The van der Waals surface area contributed by atoms with Gasteiger partial charge in [0.25, 0.3) is 5.91 Å². The predicted octanol–water partition coefficient (Wildman–Crippen LogP) is -3.49. The average Bonchev–Trinajstić information content (AvgIpc) is 2.73. The van der Waals surface area contributed by atoms with Crippen LogP contribution in [0.3, 0.4) is 0 Å². The van der Waals surface area contributed by atoms with Crippen molar-refractivity contribution in [3.05, 3.63) is 0 Å². The van der Waals surface area contributed by atoms with Gasteiger partial charge in [-0.1, -0.05) is 0 Å². The molecule has 6 atom stereocenters. The van der Waals surface area contributed by atoms with Gasteiger partial charge < -0.3 is 48.5 Å². The van der Waals surface area contributed by atoms with E-state index in [0.717, 1.165) is 0 Å². The highest BCUT2D eigenvalue weighted by atomic mass is 19.1. The third-order valence-corrected chi connectivity index (χ3v) is 3.42. The molecule has 0 radical (unpaired) electrons. The second kappa shape index (κ2) is 18.1. The Hall–Kier alpha value is -3.35. The van der Waals surface area contributed by atoms with Crippen molar-refractivity contribution in [2.24, 2.45) is 22.9 Å². The molecule has 1 amide bonds. The van der Waals surface area contributed by atoms with Gasteiger partial charge in [-0.15, -0.1) is 0 Å². The fourth-order valence-electron chi connectivity index (χ4n) is 1.42. The molecule has 0 aromatic carbocycles. The lowest BCUT2D eigenvalue weighted by atomic mass is 10.1. The van der Waals surface area contributed by atoms with Crippen LogP contribution < -0.4 is 22.9 Å². The minimum atomic E-state index is -2.21. The minimum absolute atomic E-state index is 0.579. The molecule has 15 nitrogen and oxygen atoms in total. The van der Waals surface area contributed by atoms with Crippen molar-refractivity contribution in [3.8, 4) is 0 Å². The molecule has 0 fully saturated rings. The van der Waals surface area contributed by atoms with Gasteiger partial charge in [-0.2, -0.15) is 0 Å². The number of aliphatic hydroxyl groups excluding tert-OH is 1. The zero-order valence-electron chi connectivity index (χ0n) is 17.4. The number of amides is 1. The van der Waals surface area contributed by atoms with Crippen molar-refractivity contribution in [1.29, 1.82) is 0 Å². The van der Waals surface area contributed by atoms with Crippen LogP contribution in [0.1, 0.15) is 19.3 Å². The van der Waals surface area contributed by atoms with Crippen molar-refractivity contribution >= 4 is 35.6 Å². The first-order valence-corrected chi connectivity index (χ1v) is 8.91. The van der Waals surface area contributed by atoms with Gasteiger partial charge in [0.05, 0.1) is 0 Å². The number of primary amides is 1. The summed E-state index contributed by atoms with van der Waals surface area (Å²) in [5.41, 5.74) is 19.2. The van der Waals surface area contributed by atoms with Crippen molar-refractivity contribution in [2.45, 2.75) is 55.9 Å². The molecule has 0 aromatic rings. The predicted molar refractivity (Wildman–Crippen MR) is 104 cm³/mol. The highest BCUT2D eigenvalue weighted by Gasteiger charge is 2.24. The summed E-state index contributed by atoms with van der Waals surface area (Å²) < 4.78 is 37.1. The Labute approximate surface area is 189 Å². The van der Waals surface area contributed by atoms with E-state index in [2.05, 4.69) is 5.73 Å². The van der Waals surface area contributed by atoms with E-state index < -0.39 is 98.1 Å². The topological polar surface area (TPSA) is 308 Å². The molecule has 0 saturated carbocycles. The molecule has 18 heteroatoms. The number of carbonyl (C=O) groups is 6. The summed E-state index contributed by atoms with van der Waals surface area (Å²) >= 11 is 0. The number of Topliss-reactive ketones (excluding diaryl/α,β-unsaturated/α-hetero) is 1. The SMILES string of the molecule is NC(=O)C(F)CC(N)C(=O)O.NC(CC(F)C(=O)CO)C(=O)O.NC(CC(F)C(=O)O)C(=O)O. The summed E-state index contributed by atoms with van der Waals surface area (Å²) in [5.74, 6) is -8.07. The van der Waals surface area contributed by atoms with Crippen LogP contribution in [0.25, 0.3) is 0 Å². The summed E-state index contributed by atoms with van der Waals surface area (Å²) in [5, 5.41) is 40.7. The molecule has 0 bridgehead atoms. The molecule has 0 aliphatic heterocycles. The second-order valence-corrected chi connectivity index (χ2v) is 6.31. The van der Waals surface area contributed by atoms with Crippen molar-refractivity contribution in [1.82, 2.24) is 0 Å². The lowest BCUT2D eigenvalue weighted by Gasteiger charge is -2.08. The van der Waals surface area contributed by atoms with Crippen molar-refractivity contribution in [3.63, 3.8) is 0 Å². The van der Waals surface area contributed by atoms with E-state index in [9.17, 15) is 41.9 Å². The van der Waals surface area contributed by atoms with Crippen molar-refractivity contribution < 1.29 is 67.5 Å². The van der Waals surface area contributed by atoms with Crippen LogP contribution in [0.4, 0.5) is 13.2 Å². The maximum atomic E-state index is 12.6. The van der Waals surface area contributed by atoms with E-state index >= 15 is 0 Å². The number of halogens is 3. The monoisotopic (exact) mass is 508 g/mol. The van der Waals surface area contributed by atoms with Crippen LogP contribution in [0.15, 0.2) is 0 Å². The number of carboxylic acid groups (broad SMARTS) is 4. The van der Waals surface area contributed by atoms with E-state index in [1.807, 2.05) is 0 Å². The highest BCUT2D eigenvalue weighted by Crippen LogP contribution is 2.03. The molecule has 0 aromatic heterocycles. The van der Waals surface area contributed by atoms with Gasteiger partial charge >= 0.3 is 23.9 Å². The van der Waals surface area contributed by atoms with E-state index in [4.69, 9.17) is 42.7 Å². The Kier molecular flexibility index (Phi) is 18.8. The fourth-order valence-corrected chi connectivity index (χ4v) is 1.42. The number of hydrogen-bond acceptors (Lipinski definition) is 10. The first kappa shape index (κ1) is 35.2. The van der Waals surface area contributed by atoms with Crippen LogP contribution in [0, 0.1) is 0 Å². The number of hydrogen-bond donors (Lipinski definition) is 9. The Morgan fingerprint density at radius 3 is 1.12 bits per heavy atom. The lowest BCUT2D eigenvalue weighted by molar-refractivity contribution is -0.145. The molecule has 0 aliphatic carbocycles. The van der Waals surface area contributed by atoms with Crippen LogP contribution in [0.5, 0.6) is 0 Å². The van der Waals surface area contributed by atoms with Gasteiger partial charge in [-0.3, -0.25) is 24.0 Å². The summed E-state index contributed by atoms with van der Waals surface area (Å²) in [6.07, 6.45) is -8.08. The molecule has 198 valence electrons. The number of ketones is 1.